The first-order valence-electron chi connectivity index (χ1n) is 11.8. The van der Waals surface area contributed by atoms with Crippen LogP contribution in [0.2, 0.25) is 0 Å². The van der Waals surface area contributed by atoms with Gasteiger partial charge in [-0.05, 0) is 91.7 Å². The van der Waals surface area contributed by atoms with E-state index < -0.39 is 0 Å². The van der Waals surface area contributed by atoms with Crippen LogP contribution >= 0.6 is 0 Å². The highest BCUT2D eigenvalue weighted by Gasteiger charge is 2.40. The van der Waals surface area contributed by atoms with E-state index in [1.165, 1.54) is 75.3 Å². The molecule has 0 atom stereocenters. The summed E-state index contributed by atoms with van der Waals surface area (Å²) >= 11 is 0. The van der Waals surface area contributed by atoms with Crippen molar-refractivity contribution in [3.63, 3.8) is 0 Å². The van der Waals surface area contributed by atoms with Crippen LogP contribution in [0.5, 0.6) is 0 Å². The molecule has 4 N–H and O–H groups in total. The minimum atomic E-state index is 0.108. The lowest BCUT2D eigenvalue weighted by Gasteiger charge is -2.44. The lowest BCUT2D eigenvalue weighted by molar-refractivity contribution is 0.141. The molecule has 0 heterocycles. The fraction of sp³-hybridized carbons (Fsp3) is 0.556. The molecule has 2 aromatic rings. The number of hydrogen-bond donors (Lipinski definition) is 2. The van der Waals surface area contributed by atoms with Crippen molar-refractivity contribution in [2.45, 2.75) is 76.5 Å². The molecule has 2 aliphatic rings. The highest BCUT2D eigenvalue weighted by atomic mass is 14.6. The van der Waals surface area contributed by atoms with Crippen molar-refractivity contribution in [3.05, 3.63) is 59.7 Å². The Labute approximate surface area is 177 Å². The van der Waals surface area contributed by atoms with Gasteiger partial charge in [-0.2, -0.15) is 0 Å². The molecule has 156 valence electrons. The lowest BCUT2D eigenvalue weighted by atomic mass is 9.60. The van der Waals surface area contributed by atoms with Gasteiger partial charge in [0.05, 0.1) is 0 Å². The molecule has 2 heteroatoms. The van der Waals surface area contributed by atoms with Crippen molar-refractivity contribution in [1.82, 2.24) is 0 Å². The summed E-state index contributed by atoms with van der Waals surface area (Å²) in [7, 11) is 0. The Morgan fingerprint density at radius 3 is 1.59 bits per heavy atom. The van der Waals surface area contributed by atoms with Gasteiger partial charge in [0.25, 0.3) is 0 Å². The van der Waals surface area contributed by atoms with Crippen molar-refractivity contribution >= 4 is 11.4 Å². The third kappa shape index (κ3) is 4.32. The van der Waals surface area contributed by atoms with E-state index in [-0.39, 0.29) is 5.41 Å². The molecule has 0 amide bonds. The topological polar surface area (TPSA) is 52.0 Å². The van der Waals surface area contributed by atoms with Gasteiger partial charge in [-0.3, -0.25) is 0 Å². The second-order valence-electron chi connectivity index (χ2n) is 9.73. The molecule has 0 bridgehead atoms. The molecular weight excluding hydrogens is 352 g/mol. The smallest absolute Gasteiger partial charge is 0.0314 e. The van der Waals surface area contributed by atoms with Gasteiger partial charge in [0.2, 0.25) is 0 Å². The minimum Gasteiger partial charge on any atom is -0.399 e. The van der Waals surface area contributed by atoms with Gasteiger partial charge < -0.3 is 11.5 Å². The van der Waals surface area contributed by atoms with Crippen molar-refractivity contribution in [1.29, 1.82) is 0 Å². The first-order chi connectivity index (χ1) is 14.1. The molecule has 0 aliphatic heterocycles. The zero-order chi connectivity index (χ0) is 20.3. The largest absolute Gasteiger partial charge is 0.399 e. The number of hydrogen-bond acceptors (Lipinski definition) is 2. The molecule has 2 fully saturated rings. The summed E-state index contributed by atoms with van der Waals surface area (Å²) in [5.74, 6) is 2.87. The van der Waals surface area contributed by atoms with Gasteiger partial charge in [-0.25, -0.2) is 0 Å². The summed E-state index contributed by atoms with van der Waals surface area (Å²) in [6.07, 6.45) is 13.8. The zero-order valence-electron chi connectivity index (χ0n) is 18.1. The van der Waals surface area contributed by atoms with Gasteiger partial charge in [-0.1, -0.05) is 56.9 Å². The minimum absolute atomic E-state index is 0.108. The molecular formula is C27H38N2. The average Bonchev–Trinajstić information content (AvgIpc) is 2.76. The normalized spacial score (nSPS) is 25.0. The number of rotatable bonds is 5. The average molecular weight is 391 g/mol. The van der Waals surface area contributed by atoms with Crippen LogP contribution in [0.1, 0.15) is 82.3 Å². The summed E-state index contributed by atoms with van der Waals surface area (Å²) in [6.45, 7) is 2.33. The Morgan fingerprint density at radius 2 is 1.14 bits per heavy atom. The highest BCUT2D eigenvalue weighted by Crippen LogP contribution is 2.50. The Bertz CT molecular complexity index is 714. The predicted octanol–water partition coefficient (Wildman–Crippen LogP) is 6.93. The van der Waals surface area contributed by atoms with E-state index in [0.29, 0.717) is 0 Å². The Balaban J connectivity index is 1.51. The van der Waals surface area contributed by atoms with Crippen LogP contribution < -0.4 is 11.5 Å². The molecule has 0 saturated heterocycles. The second-order valence-corrected chi connectivity index (χ2v) is 9.73. The Hall–Kier alpha value is -1.96. The fourth-order valence-electron chi connectivity index (χ4n) is 6.31. The third-order valence-corrected chi connectivity index (χ3v) is 8.07. The van der Waals surface area contributed by atoms with E-state index in [0.717, 1.165) is 29.1 Å². The molecule has 2 aromatic carbocycles. The van der Waals surface area contributed by atoms with Gasteiger partial charge in [0.1, 0.15) is 0 Å². The molecule has 0 spiro atoms. The first-order valence-corrected chi connectivity index (χ1v) is 11.8. The third-order valence-electron chi connectivity index (χ3n) is 8.07. The van der Waals surface area contributed by atoms with Gasteiger partial charge in [0.15, 0.2) is 0 Å². The summed E-state index contributed by atoms with van der Waals surface area (Å²) in [4.78, 5) is 0. The van der Waals surface area contributed by atoms with Crippen LogP contribution in [-0.2, 0) is 5.41 Å². The number of anilines is 2. The second kappa shape index (κ2) is 8.81. The zero-order valence-corrected chi connectivity index (χ0v) is 18.1. The highest BCUT2D eigenvalue weighted by molar-refractivity contribution is 5.49. The molecule has 2 saturated carbocycles. The van der Waals surface area contributed by atoms with Crippen LogP contribution in [0.3, 0.4) is 0 Å². The summed E-state index contributed by atoms with van der Waals surface area (Å²) in [5, 5.41) is 0. The number of nitrogens with two attached hydrogens (primary N) is 2. The van der Waals surface area contributed by atoms with E-state index >= 15 is 0 Å². The van der Waals surface area contributed by atoms with Crippen LogP contribution in [0.15, 0.2) is 48.5 Å². The van der Waals surface area contributed by atoms with E-state index in [4.69, 9.17) is 11.5 Å². The van der Waals surface area contributed by atoms with E-state index in [9.17, 15) is 0 Å². The van der Waals surface area contributed by atoms with E-state index in [1.807, 2.05) is 0 Å². The molecule has 0 unspecified atom stereocenters. The summed E-state index contributed by atoms with van der Waals surface area (Å²) in [5.41, 5.74) is 16.6. The van der Waals surface area contributed by atoms with Gasteiger partial charge in [-0.15, -0.1) is 0 Å². The first kappa shape index (κ1) is 20.3. The monoisotopic (exact) mass is 390 g/mol. The maximum atomic E-state index is 5.99. The number of benzene rings is 2. The predicted molar refractivity (Wildman–Crippen MR) is 125 cm³/mol. The van der Waals surface area contributed by atoms with Crippen molar-refractivity contribution in [2.75, 3.05) is 11.5 Å². The van der Waals surface area contributed by atoms with Crippen molar-refractivity contribution < 1.29 is 0 Å². The van der Waals surface area contributed by atoms with Crippen LogP contribution in [0.4, 0.5) is 11.4 Å². The van der Waals surface area contributed by atoms with Crippen LogP contribution in [0.25, 0.3) is 0 Å². The van der Waals surface area contributed by atoms with Gasteiger partial charge in [0, 0.05) is 16.8 Å². The SMILES string of the molecule is CCCC1CCC(C2CCC(c3ccc(N)cc3)(c3ccc(N)cc3)CC2)CC1. The van der Waals surface area contributed by atoms with E-state index in [1.54, 1.807) is 0 Å². The Morgan fingerprint density at radius 1 is 0.690 bits per heavy atom. The molecule has 29 heavy (non-hydrogen) atoms. The quantitative estimate of drug-likeness (QED) is 0.544. The van der Waals surface area contributed by atoms with Gasteiger partial charge >= 0.3 is 0 Å². The van der Waals surface area contributed by atoms with Crippen molar-refractivity contribution in [2.24, 2.45) is 17.8 Å². The maximum Gasteiger partial charge on any atom is 0.0314 e. The summed E-state index contributed by atoms with van der Waals surface area (Å²) in [6, 6.07) is 17.3. The lowest BCUT2D eigenvalue weighted by Crippen LogP contribution is -2.36. The fourth-order valence-corrected chi connectivity index (χ4v) is 6.31. The molecule has 0 radical (unpaired) electrons. The maximum absolute atomic E-state index is 5.99. The summed E-state index contributed by atoms with van der Waals surface area (Å²) < 4.78 is 0. The molecule has 2 nitrogen and oxygen atoms in total. The molecule has 0 aromatic heterocycles. The number of nitrogen functional groups attached to an aromatic ring is 2. The molecule has 4 rings (SSSR count). The standard InChI is InChI=1S/C27H38N2/c1-2-3-20-4-6-21(7-5-20)22-16-18-27(19-17-22,23-8-12-25(28)13-9-23)24-10-14-26(29)15-11-24/h8-15,20-22H,2-7,16-19,28-29H2,1H3. The van der Waals surface area contributed by atoms with Crippen LogP contribution in [0, 0.1) is 17.8 Å². The molecule has 2 aliphatic carbocycles. The van der Waals surface area contributed by atoms with Crippen molar-refractivity contribution in [3.8, 4) is 0 Å². The Kier molecular flexibility index (Phi) is 6.18. The van der Waals surface area contributed by atoms with E-state index in [2.05, 4.69) is 55.5 Å². The van der Waals surface area contributed by atoms with Crippen LogP contribution in [-0.4, -0.2) is 0 Å².